The van der Waals surface area contributed by atoms with Gasteiger partial charge in [0.05, 0.1) is 34.5 Å². The van der Waals surface area contributed by atoms with Gasteiger partial charge >= 0.3 is 0 Å². The molecule has 2 aromatic rings. The quantitative estimate of drug-likeness (QED) is 0.300. The Kier molecular flexibility index (Phi) is 9.53. The lowest BCUT2D eigenvalue weighted by atomic mass is 9.69. The van der Waals surface area contributed by atoms with Crippen LogP contribution in [0.15, 0.2) is 34.8 Å². The van der Waals surface area contributed by atoms with Gasteiger partial charge < -0.3 is 23.7 Å². The van der Waals surface area contributed by atoms with Gasteiger partial charge in [-0.1, -0.05) is 35.3 Å². The van der Waals surface area contributed by atoms with Crippen molar-refractivity contribution in [1.29, 1.82) is 0 Å². The molecule has 0 spiro atoms. The number of aryl methyl sites for hydroxylation is 1. The number of fused-ring (bicyclic) bond motifs is 1. The number of hydrogen-bond donors (Lipinski definition) is 0. The highest BCUT2D eigenvalue weighted by atomic mass is 79.9. The smallest absolute Gasteiger partial charge is 0.161 e. The highest BCUT2D eigenvalue weighted by Gasteiger charge is 2.50. The van der Waals surface area contributed by atoms with Gasteiger partial charge in [-0.2, -0.15) is 0 Å². The van der Waals surface area contributed by atoms with Crippen molar-refractivity contribution in [2.24, 2.45) is 11.8 Å². The fraction of sp³-hybridized carbons (Fsp3) is 0.613. The standard InChI is InChI=1S/C31H44BrNO5/c1-20-8-11-23-26(16-20)38-30(13-10-21-9-12-25(34-4)27(17-21)35-5)33(31(23,2)3)15-14-22-18-28(36-6)29(37-7)19-24(22)32/h9,12,17-20,23,26,30H,8,10-11,13-16H2,1-7H3/t20-,23-,26-,30+/m1/s1. The summed E-state index contributed by atoms with van der Waals surface area (Å²) in [4.78, 5) is 2.62. The van der Waals surface area contributed by atoms with Crippen LogP contribution in [0.3, 0.4) is 0 Å². The molecule has 1 saturated carbocycles. The molecule has 0 N–H and O–H groups in total. The van der Waals surface area contributed by atoms with Crippen molar-refractivity contribution in [3.63, 3.8) is 0 Å². The third-order valence-electron chi connectivity index (χ3n) is 8.68. The van der Waals surface area contributed by atoms with Crippen LogP contribution in [0.4, 0.5) is 0 Å². The summed E-state index contributed by atoms with van der Waals surface area (Å²) in [5.74, 6) is 4.26. The monoisotopic (exact) mass is 589 g/mol. The van der Waals surface area contributed by atoms with Crippen LogP contribution in [-0.4, -0.2) is 57.8 Å². The maximum Gasteiger partial charge on any atom is 0.161 e. The zero-order chi connectivity index (χ0) is 27.4. The van der Waals surface area contributed by atoms with Gasteiger partial charge in [0.15, 0.2) is 23.0 Å². The Morgan fingerprint density at radius 1 is 0.895 bits per heavy atom. The summed E-state index contributed by atoms with van der Waals surface area (Å²) in [7, 11) is 6.71. The van der Waals surface area contributed by atoms with Crippen molar-refractivity contribution in [3.8, 4) is 23.0 Å². The van der Waals surface area contributed by atoms with Gasteiger partial charge in [0.2, 0.25) is 0 Å². The summed E-state index contributed by atoms with van der Waals surface area (Å²) in [6.07, 6.45) is 6.72. The van der Waals surface area contributed by atoms with Crippen molar-refractivity contribution in [2.45, 2.75) is 77.2 Å². The van der Waals surface area contributed by atoms with E-state index in [2.05, 4.69) is 59.8 Å². The van der Waals surface area contributed by atoms with E-state index in [4.69, 9.17) is 23.7 Å². The van der Waals surface area contributed by atoms with E-state index in [1.54, 1.807) is 28.4 Å². The van der Waals surface area contributed by atoms with Crippen LogP contribution >= 0.6 is 15.9 Å². The molecule has 2 fully saturated rings. The van der Waals surface area contributed by atoms with Gasteiger partial charge in [-0.05, 0) is 87.3 Å². The third kappa shape index (κ3) is 6.10. The normalized spacial score (nSPS) is 24.9. The molecular weight excluding hydrogens is 546 g/mol. The minimum atomic E-state index is 0.0361. The van der Waals surface area contributed by atoms with Crippen LogP contribution in [0.25, 0.3) is 0 Å². The first-order chi connectivity index (χ1) is 18.2. The lowest BCUT2D eigenvalue weighted by Gasteiger charge is -2.57. The topological polar surface area (TPSA) is 49.4 Å². The first-order valence-electron chi connectivity index (χ1n) is 13.7. The summed E-state index contributed by atoms with van der Waals surface area (Å²) < 4.78 is 30.0. The number of hydrogen-bond acceptors (Lipinski definition) is 6. The zero-order valence-corrected chi connectivity index (χ0v) is 25.6. The number of halogens is 1. The van der Waals surface area contributed by atoms with E-state index in [1.165, 1.54) is 24.0 Å². The first-order valence-corrected chi connectivity index (χ1v) is 14.5. The molecule has 6 nitrogen and oxygen atoms in total. The molecule has 1 aliphatic carbocycles. The summed E-state index contributed by atoms with van der Waals surface area (Å²) in [6.45, 7) is 8.12. The number of benzene rings is 2. The van der Waals surface area contributed by atoms with Gasteiger partial charge in [0.1, 0.15) is 6.23 Å². The minimum Gasteiger partial charge on any atom is -0.493 e. The second-order valence-electron chi connectivity index (χ2n) is 11.3. The fourth-order valence-electron chi connectivity index (χ4n) is 6.46. The average molecular weight is 591 g/mol. The molecule has 1 saturated heterocycles. The molecule has 0 bridgehead atoms. The minimum absolute atomic E-state index is 0.0361. The highest BCUT2D eigenvalue weighted by Crippen LogP contribution is 2.46. The second kappa shape index (κ2) is 12.5. The van der Waals surface area contributed by atoms with E-state index in [1.807, 2.05) is 12.1 Å². The summed E-state index contributed by atoms with van der Waals surface area (Å²) >= 11 is 3.76. The van der Waals surface area contributed by atoms with Gasteiger partial charge in [0.25, 0.3) is 0 Å². The molecule has 0 unspecified atom stereocenters. The van der Waals surface area contributed by atoms with Gasteiger partial charge in [-0.3, -0.25) is 4.90 Å². The van der Waals surface area contributed by atoms with E-state index < -0.39 is 0 Å². The van der Waals surface area contributed by atoms with E-state index in [0.717, 1.165) is 59.7 Å². The molecule has 1 heterocycles. The van der Waals surface area contributed by atoms with Gasteiger partial charge in [-0.25, -0.2) is 0 Å². The van der Waals surface area contributed by atoms with Crippen molar-refractivity contribution < 1.29 is 23.7 Å². The Labute approximate surface area is 237 Å². The van der Waals surface area contributed by atoms with Crippen LogP contribution in [0, 0.1) is 11.8 Å². The Hall–Kier alpha value is -1.96. The summed E-state index contributed by atoms with van der Waals surface area (Å²) in [5.41, 5.74) is 2.47. The fourth-order valence-corrected chi connectivity index (χ4v) is 6.98. The predicted molar refractivity (Wildman–Crippen MR) is 155 cm³/mol. The average Bonchev–Trinajstić information content (AvgIpc) is 2.91. The number of rotatable bonds is 10. The molecule has 2 aromatic carbocycles. The molecule has 0 amide bonds. The van der Waals surface area contributed by atoms with E-state index in [9.17, 15) is 0 Å². The second-order valence-corrected chi connectivity index (χ2v) is 12.1. The molecule has 0 radical (unpaired) electrons. The first kappa shape index (κ1) is 29.0. The zero-order valence-electron chi connectivity index (χ0n) is 24.0. The number of methoxy groups -OCH3 is 4. The maximum atomic E-state index is 6.95. The van der Waals surface area contributed by atoms with Crippen LogP contribution in [0.2, 0.25) is 0 Å². The molecule has 38 heavy (non-hydrogen) atoms. The van der Waals surface area contributed by atoms with E-state index in [0.29, 0.717) is 17.9 Å². The SMILES string of the molecule is COc1ccc(CC[C@@H]2O[C@@H]3C[C@H](C)CC[C@H]3C(C)(C)N2CCc2cc(OC)c(OC)cc2Br)cc1OC. The molecule has 0 aromatic heterocycles. The number of nitrogens with zero attached hydrogens (tertiary/aromatic N) is 1. The third-order valence-corrected chi connectivity index (χ3v) is 9.42. The molecule has 4 rings (SSSR count). The number of ether oxygens (including phenoxy) is 5. The lowest BCUT2D eigenvalue weighted by molar-refractivity contribution is -0.234. The van der Waals surface area contributed by atoms with E-state index in [-0.39, 0.29) is 11.8 Å². The highest BCUT2D eigenvalue weighted by molar-refractivity contribution is 9.10. The molecule has 4 atom stereocenters. The summed E-state index contributed by atoms with van der Waals surface area (Å²) in [5, 5.41) is 0. The Morgan fingerprint density at radius 2 is 1.55 bits per heavy atom. The van der Waals surface area contributed by atoms with Gasteiger partial charge in [0, 0.05) is 22.5 Å². The van der Waals surface area contributed by atoms with Crippen LogP contribution < -0.4 is 18.9 Å². The Balaban J connectivity index is 1.57. The molecule has 7 heteroatoms. The lowest BCUT2D eigenvalue weighted by Crippen LogP contribution is -2.65. The largest absolute Gasteiger partial charge is 0.493 e. The van der Waals surface area contributed by atoms with Crippen molar-refractivity contribution >= 4 is 15.9 Å². The Morgan fingerprint density at radius 3 is 2.24 bits per heavy atom. The molecular formula is C31H44BrNO5. The van der Waals surface area contributed by atoms with Crippen molar-refractivity contribution in [3.05, 3.63) is 45.9 Å². The van der Waals surface area contributed by atoms with E-state index >= 15 is 0 Å². The van der Waals surface area contributed by atoms with Crippen LogP contribution in [-0.2, 0) is 17.6 Å². The van der Waals surface area contributed by atoms with Crippen molar-refractivity contribution in [1.82, 2.24) is 4.90 Å². The Bertz CT molecular complexity index is 1090. The van der Waals surface area contributed by atoms with Gasteiger partial charge in [-0.15, -0.1) is 0 Å². The molecule has 2 aliphatic rings. The predicted octanol–water partition coefficient (Wildman–Crippen LogP) is 6.90. The molecule has 1 aliphatic heterocycles. The van der Waals surface area contributed by atoms with Crippen LogP contribution in [0.5, 0.6) is 23.0 Å². The van der Waals surface area contributed by atoms with Crippen molar-refractivity contribution in [2.75, 3.05) is 35.0 Å². The maximum absolute atomic E-state index is 6.95. The van der Waals surface area contributed by atoms with Crippen LogP contribution in [0.1, 0.15) is 57.6 Å². The summed E-state index contributed by atoms with van der Waals surface area (Å²) in [6, 6.07) is 10.3. The molecule has 210 valence electrons.